The number of carbonyl (C=O) groups is 3. The highest BCUT2D eigenvalue weighted by Gasteiger charge is 2.31. The first-order valence-electron chi connectivity index (χ1n) is 9.50. The summed E-state index contributed by atoms with van der Waals surface area (Å²) in [6, 6.07) is 4.14. The smallest absolute Gasteiger partial charge is 0.335 e. The van der Waals surface area contributed by atoms with E-state index in [0.29, 0.717) is 26.1 Å². The fourth-order valence-electron chi connectivity index (χ4n) is 3.17. The molecule has 10 heteroatoms. The molecule has 1 N–H and O–H groups in total. The van der Waals surface area contributed by atoms with Gasteiger partial charge in [-0.05, 0) is 18.6 Å². The topological polar surface area (TPSA) is 122 Å². The molecule has 2 amide bonds. The van der Waals surface area contributed by atoms with Gasteiger partial charge in [-0.15, -0.1) is 0 Å². The lowest BCUT2D eigenvalue weighted by atomic mass is 10.2. The molecular formula is C20H20N4O6. The van der Waals surface area contributed by atoms with Crippen LogP contribution in [0.15, 0.2) is 30.6 Å². The van der Waals surface area contributed by atoms with E-state index in [1.807, 2.05) is 0 Å². The molecule has 2 saturated heterocycles. The highest BCUT2D eigenvalue weighted by molar-refractivity contribution is 5.92. The molecule has 156 valence electrons. The van der Waals surface area contributed by atoms with Crippen molar-refractivity contribution in [2.24, 2.45) is 0 Å². The quantitative estimate of drug-likeness (QED) is 0.756. The zero-order valence-electron chi connectivity index (χ0n) is 16.3. The third-order valence-electron chi connectivity index (χ3n) is 5.00. The molecule has 3 heterocycles. The number of likely N-dealkylation sites (N-methyl/N-ethyl adjacent to an activating group) is 1. The summed E-state index contributed by atoms with van der Waals surface area (Å²) in [4.78, 5) is 47.1. The van der Waals surface area contributed by atoms with E-state index in [0.717, 1.165) is 6.42 Å². The number of likely N-dealkylation sites (tertiary alicyclic amines) is 2. The van der Waals surface area contributed by atoms with Crippen LogP contribution in [0.5, 0.6) is 17.4 Å². The van der Waals surface area contributed by atoms with Crippen molar-refractivity contribution in [3.8, 4) is 17.4 Å². The summed E-state index contributed by atoms with van der Waals surface area (Å²) in [7, 11) is 1.68. The number of rotatable bonds is 6. The molecule has 0 saturated carbocycles. The molecule has 10 nitrogen and oxygen atoms in total. The van der Waals surface area contributed by atoms with Crippen LogP contribution in [0.25, 0.3) is 0 Å². The van der Waals surface area contributed by atoms with Crippen LogP contribution < -0.4 is 9.47 Å². The van der Waals surface area contributed by atoms with Crippen LogP contribution in [0, 0.1) is 0 Å². The molecule has 0 aliphatic carbocycles. The average Bonchev–Trinajstić information content (AvgIpc) is 2.99. The van der Waals surface area contributed by atoms with Crippen LogP contribution in [0.4, 0.5) is 0 Å². The van der Waals surface area contributed by atoms with Gasteiger partial charge >= 0.3 is 5.97 Å². The molecule has 1 atom stereocenters. The van der Waals surface area contributed by atoms with Crippen LogP contribution >= 0.6 is 0 Å². The van der Waals surface area contributed by atoms with Crippen LogP contribution in [0.1, 0.15) is 33.7 Å². The Balaban J connectivity index is 1.51. The van der Waals surface area contributed by atoms with Crippen molar-refractivity contribution in [2.45, 2.75) is 18.9 Å². The normalized spacial score (nSPS) is 18.2. The average molecular weight is 412 g/mol. The van der Waals surface area contributed by atoms with Gasteiger partial charge in [0.2, 0.25) is 5.88 Å². The lowest BCUT2D eigenvalue weighted by molar-refractivity contribution is -0.132. The van der Waals surface area contributed by atoms with E-state index in [9.17, 15) is 19.5 Å². The fraction of sp³-hybridized carbons (Fsp3) is 0.350. The van der Waals surface area contributed by atoms with E-state index in [1.54, 1.807) is 16.8 Å². The van der Waals surface area contributed by atoms with Gasteiger partial charge in [0.1, 0.15) is 17.2 Å². The molecule has 2 aromatic rings. The second-order valence-electron chi connectivity index (χ2n) is 7.14. The third kappa shape index (κ3) is 4.02. The summed E-state index contributed by atoms with van der Waals surface area (Å²) in [6.45, 7) is 2.00. The van der Waals surface area contributed by atoms with Gasteiger partial charge in [-0.3, -0.25) is 9.59 Å². The van der Waals surface area contributed by atoms with Crippen molar-refractivity contribution in [1.29, 1.82) is 0 Å². The van der Waals surface area contributed by atoms with E-state index in [1.165, 1.54) is 30.6 Å². The number of nitrogens with zero attached hydrogens (tertiary/aromatic N) is 4. The summed E-state index contributed by atoms with van der Waals surface area (Å²) < 4.78 is 11.3. The van der Waals surface area contributed by atoms with Gasteiger partial charge in [0.25, 0.3) is 11.8 Å². The highest BCUT2D eigenvalue weighted by Crippen LogP contribution is 2.28. The predicted octanol–water partition coefficient (Wildman–Crippen LogP) is 1.42. The molecule has 0 bridgehead atoms. The Labute approximate surface area is 172 Å². The maximum atomic E-state index is 12.1. The van der Waals surface area contributed by atoms with E-state index >= 15 is 0 Å². The predicted molar refractivity (Wildman–Crippen MR) is 103 cm³/mol. The molecule has 1 aromatic carbocycles. The first kappa shape index (κ1) is 19.6. The standard InChI is InChI=1S/C20H20N4O6/c1-23-6-3-16(19(23)26)29-13-7-12(20(27)28)8-14(9-13)30-17-11-21-15(10-22-17)18(25)24-4-2-5-24/h7-11,16H,2-6H2,1H3,(H,27,28)/t16-/m0/s1. The van der Waals surface area contributed by atoms with Crippen LogP contribution in [-0.4, -0.2) is 75.4 Å². The number of carbonyl (C=O) groups excluding carboxylic acids is 2. The number of ether oxygens (including phenoxy) is 2. The van der Waals surface area contributed by atoms with Gasteiger partial charge < -0.3 is 24.4 Å². The van der Waals surface area contributed by atoms with Crippen molar-refractivity contribution < 1.29 is 29.0 Å². The van der Waals surface area contributed by atoms with Gasteiger partial charge in [0.05, 0.1) is 18.0 Å². The Morgan fingerprint density at radius 3 is 2.43 bits per heavy atom. The summed E-state index contributed by atoms with van der Waals surface area (Å²) in [5.41, 5.74) is 0.160. The van der Waals surface area contributed by atoms with E-state index in [-0.39, 0.29) is 40.5 Å². The van der Waals surface area contributed by atoms with Crippen LogP contribution in [0.2, 0.25) is 0 Å². The maximum absolute atomic E-state index is 12.1. The second-order valence-corrected chi connectivity index (χ2v) is 7.14. The Hall–Kier alpha value is -3.69. The number of carboxylic acids is 1. The zero-order chi connectivity index (χ0) is 21.3. The maximum Gasteiger partial charge on any atom is 0.335 e. The van der Waals surface area contributed by atoms with E-state index < -0.39 is 12.1 Å². The highest BCUT2D eigenvalue weighted by atomic mass is 16.5. The molecule has 2 fully saturated rings. The first-order valence-corrected chi connectivity index (χ1v) is 9.50. The van der Waals surface area contributed by atoms with Gasteiger partial charge in [0.15, 0.2) is 6.10 Å². The molecule has 0 spiro atoms. The molecular weight excluding hydrogens is 392 g/mol. The number of hydrogen-bond acceptors (Lipinski definition) is 7. The summed E-state index contributed by atoms with van der Waals surface area (Å²) >= 11 is 0. The van der Waals surface area contributed by atoms with Crippen molar-refractivity contribution in [3.05, 3.63) is 41.9 Å². The molecule has 4 rings (SSSR count). The van der Waals surface area contributed by atoms with E-state index in [2.05, 4.69) is 9.97 Å². The summed E-state index contributed by atoms with van der Waals surface area (Å²) in [5.74, 6) is -1.04. The molecule has 30 heavy (non-hydrogen) atoms. The molecule has 2 aliphatic rings. The van der Waals surface area contributed by atoms with Crippen molar-refractivity contribution in [3.63, 3.8) is 0 Å². The fourth-order valence-corrected chi connectivity index (χ4v) is 3.17. The Morgan fingerprint density at radius 1 is 1.10 bits per heavy atom. The van der Waals surface area contributed by atoms with E-state index in [4.69, 9.17) is 9.47 Å². The largest absolute Gasteiger partial charge is 0.480 e. The Bertz CT molecular complexity index is 989. The Morgan fingerprint density at radius 2 is 1.87 bits per heavy atom. The van der Waals surface area contributed by atoms with Crippen LogP contribution in [-0.2, 0) is 4.79 Å². The van der Waals surface area contributed by atoms with Gasteiger partial charge in [-0.25, -0.2) is 14.8 Å². The molecule has 2 aliphatic heterocycles. The van der Waals surface area contributed by atoms with Gasteiger partial charge in [-0.2, -0.15) is 0 Å². The zero-order valence-corrected chi connectivity index (χ0v) is 16.3. The van der Waals surface area contributed by atoms with Crippen molar-refractivity contribution >= 4 is 17.8 Å². The number of aromatic carboxylic acids is 1. The van der Waals surface area contributed by atoms with Crippen molar-refractivity contribution in [1.82, 2.24) is 19.8 Å². The molecule has 0 radical (unpaired) electrons. The summed E-state index contributed by atoms with van der Waals surface area (Å²) in [5, 5.41) is 9.38. The minimum absolute atomic E-state index is 0.0566. The minimum atomic E-state index is -1.17. The number of hydrogen-bond donors (Lipinski definition) is 1. The SMILES string of the molecule is CN1CC[C@H](Oc2cc(Oc3cnc(C(=O)N4CCC4)cn3)cc(C(=O)O)c2)C1=O. The van der Waals surface area contributed by atoms with Crippen molar-refractivity contribution in [2.75, 3.05) is 26.7 Å². The van der Waals surface area contributed by atoms with Gasteiger partial charge in [0, 0.05) is 39.2 Å². The third-order valence-corrected chi connectivity index (χ3v) is 5.00. The molecule has 0 unspecified atom stereocenters. The number of amides is 2. The minimum Gasteiger partial charge on any atom is -0.480 e. The second kappa shape index (κ2) is 7.97. The number of aromatic nitrogens is 2. The summed E-state index contributed by atoms with van der Waals surface area (Å²) in [6.07, 6.45) is 3.45. The lowest BCUT2D eigenvalue weighted by Gasteiger charge is -2.30. The first-order chi connectivity index (χ1) is 14.4. The number of carboxylic acid groups (broad SMARTS) is 1. The lowest BCUT2D eigenvalue weighted by Crippen LogP contribution is -2.42. The van der Waals surface area contributed by atoms with Crippen LogP contribution in [0.3, 0.4) is 0 Å². The molecule has 1 aromatic heterocycles. The Kier molecular flexibility index (Phi) is 5.21. The van der Waals surface area contributed by atoms with Gasteiger partial charge in [-0.1, -0.05) is 0 Å². The monoisotopic (exact) mass is 412 g/mol. The number of benzene rings is 1.